The molecule has 0 unspecified atom stereocenters. The molecule has 0 saturated heterocycles. The number of benzene rings is 1. The first-order chi connectivity index (χ1) is 7.06. The van der Waals surface area contributed by atoms with Crippen molar-refractivity contribution in [2.75, 3.05) is 13.1 Å². The van der Waals surface area contributed by atoms with Crippen LogP contribution in [-0.2, 0) is 5.41 Å². The van der Waals surface area contributed by atoms with E-state index in [-0.39, 0.29) is 11.2 Å². The average Bonchev–Trinajstić information content (AvgIpc) is 2.18. The number of hydrogen-bond acceptors (Lipinski definition) is 2. The summed E-state index contributed by atoms with van der Waals surface area (Å²) in [7, 11) is 0. The highest BCUT2D eigenvalue weighted by molar-refractivity contribution is 5.24. The highest BCUT2D eigenvalue weighted by Gasteiger charge is 2.20. The fraction of sp³-hybridized carbons (Fsp3) is 0.417. The first-order valence-corrected chi connectivity index (χ1v) is 4.90. The number of rotatable bonds is 4. The largest absolute Gasteiger partial charge is 0.304 e. The lowest BCUT2D eigenvalue weighted by Gasteiger charge is -2.25. The molecule has 0 aromatic heterocycles. The highest BCUT2D eigenvalue weighted by Crippen LogP contribution is 2.22. The molecule has 0 bridgehead atoms. The summed E-state index contributed by atoms with van der Waals surface area (Å²) in [6, 6.07) is 8.59. The summed E-state index contributed by atoms with van der Waals surface area (Å²) in [6.07, 6.45) is 0. The Balaban J connectivity index is 2.73. The molecule has 0 aliphatic rings. The molecule has 0 atom stereocenters. The number of nitrogens with zero attached hydrogens (tertiary/aromatic N) is 1. The Morgan fingerprint density at radius 2 is 2.20 bits per heavy atom. The maximum Gasteiger partial charge on any atom is 0.123 e. The molecular formula is C12H15FN2. The van der Waals surface area contributed by atoms with Gasteiger partial charge < -0.3 is 5.32 Å². The van der Waals surface area contributed by atoms with Gasteiger partial charge in [0.2, 0.25) is 0 Å². The van der Waals surface area contributed by atoms with Crippen LogP contribution in [0, 0.1) is 17.1 Å². The van der Waals surface area contributed by atoms with Crippen molar-refractivity contribution in [1.82, 2.24) is 5.32 Å². The Bertz CT molecular complexity index is 366. The first kappa shape index (κ1) is 11.7. The van der Waals surface area contributed by atoms with E-state index < -0.39 is 0 Å². The minimum atomic E-state index is -0.221. The molecule has 2 nitrogen and oxygen atoms in total. The molecule has 1 rings (SSSR count). The molecule has 15 heavy (non-hydrogen) atoms. The van der Waals surface area contributed by atoms with Crippen molar-refractivity contribution in [3.8, 4) is 6.07 Å². The van der Waals surface area contributed by atoms with E-state index in [1.165, 1.54) is 12.1 Å². The number of nitriles is 1. The SMILES string of the molecule is CC(C)(CNCC#N)c1cccc(F)c1. The molecule has 0 amide bonds. The molecule has 0 aliphatic carbocycles. The Labute approximate surface area is 89.7 Å². The van der Waals surface area contributed by atoms with E-state index in [1.54, 1.807) is 6.07 Å². The minimum Gasteiger partial charge on any atom is -0.304 e. The normalized spacial score (nSPS) is 11.1. The van der Waals surface area contributed by atoms with Gasteiger partial charge in [-0.15, -0.1) is 0 Å². The maximum absolute atomic E-state index is 13.0. The van der Waals surface area contributed by atoms with Crippen LogP contribution in [0.4, 0.5) is 4.39 Å². The lowest BCUT2D eigenvalue weighted by molar-refractivity contribution is 0.480. The van der Waals surface area contributed by atoms with Crippen LogP contribution in [0.15, 0.2) is 24.3 Å². The number of nitrogens with one attached hydrogen (secondary N) is 1. The fourth-order valence-electron chi connectivity index (χ4n) is 1.44. The summed E-state index contributed by atoms with van der Waals surface area (Å²) in [6.45, 7) is 5.01. The Hall–Kier alpha value is -1.40. The third-order valence-corrected chi connectivity index (χ3v) is 2.38. The molecule has 0 heterocycles. The van der Waals surface area contributed by atoms with Gasteiger partial charge in [-0.3, -0.25) is 0 Å². The Morgan fingerprint density at radius 1 is 1.47 bits per heavy atom. The maximum atomic E-state index is 13.0. The lowest BCUT2D eigenvalue weighted by atomic mass is 9.84. The molecule has 3 heteroatoms. The van der Waals surface area contributed by atoms with E-state index in [0.717, 1.165) is 5.56 Å². The zero-order valence-electron chi connectivity index (χ0n) is 9.05. The molecule has 80 valence electrons. The second-order valence-electron chi connectivity index (χ2n) is 4.16. The number of hydrogen-bond donors (Lipinski definition) is 1. The first-order valence-electron chi connectivity index (χ1n) is 4.90. The minimum absolute atomic E-state index is 0.168. The molecule has 0 radical (unpaired) electrons. The van der Waals surface area contributed by atoms with Crippen molar-refractivity contribution >= 4 is 0 Å². The molecule has 0 spiro atoms. The van der Waals surface area contributed by atoms with Gasteiger partial charge in [0.05, 0.1) is 12.6 Å². The van der Waals surface area contributed by atoms with Crippen LogP contribution >= 0.6 is 0 Å². The summed E-state index contributed by atoms with van der Waals surface area (Å²) in [4.78, 5) is 0. The molecular weight excluding hydrogens is 191 g/mol. The topological polar surface area (TPSA) is 35.8 Å². The van der Waals surface area contributed by atoms with Gasteiger partial charge in [-0.05, 0) is 17.7 Å². The van der Waals surface area contributed by atoms with Crippen LogP contribution in [-0.4, -0.2) is 13.1 Å². The zero-order valence-corrected chi connectivity index (χ0v) is 9.05. The summed E-state index contributed by atoms with van der Waals surface area (Å²) in [5, 5.41) is 11.4. The molecule has 1 aromatic rings. The van der Waals surface area contributed by atoms with E-state index in [9.17, 15) is 4.39 Å². The zero-order chi connectivity index (χ0) is 11.3. The second kappa shape index (κ2) is 4.90. The summed E-state index contributed by atoms with van der Waals surface area (Å²) in [5.74, 6) is -0.221. The lowest BCUT2D eigenvalue weighted by Crippen LogP contribution is -2.33. The van der Waals surface area contributed by atoms with Gasteiger partial charge in [-0.1, -0.05) is 26.0 Å². The molecule has 1 aromatic carbocycles. The van der Waals surface area contributed by atoms with E-state index >= 15 is 0 Å². The predicted molar refractivity (Wildman–Crippen MR) is 57.9 cm³/mol. The average molecular weight is 206 g/mol. The van der Waals surface area contributed by atoms with E-state index in [2.05, 4.69) is 5.32 Å². The number of halogens is 1. The van der Waals surface area contributed by atoms with Crippen LogP contribution in [0.3, 0.4) is 0 Å². The van der Waals surface area contributed by atoms with Gasteiger partial charge in [0, 0.05) is 12.0 Å². The van der Waals surface area contributed by atoms with Crippen LogP contribution in [0.5, 0.6) is 0 Å². The van der Waals surface area contributed by atoms with Crippen LogP contribution < -0.4 is 5.32 Å². The third kappa shape index (κ3) is 3.34. The van der Waals surface area contributed by atoms with Crippen molar-refractivity contribution in [1.29, 1.82) is 5.26 Å². The van der Waals surface area contributed by atoms with E-state index in [1.807, 2.05) is 26.0 Å². The highest BCUT2D eigenvalue weighted by atomic mass is 19.1. The Kier molecular flexibility index (Phi) is 3.81. The van der Waals surface area contributed by atoms with Gasteiger partial charge in [0.1, 0.15) is 5.82 Å². The van der Waals surface area contributed by atoms with Crippen molar-refractivity contribution < 1.29 is 4.39 Å². The van der Waals surface area contributed by atoms with Gasteiger partial charge >= 0.3 is 0 Å². The van der Waals surface area contributed by atoms with Crippen molar-refractivity contribution in [2.45, 2.75) is 19.3 Å². The summed E-state index contributed by atoms with van der Waals surface area (Å²) >= 11 is 0. The molecule has 1 N–H and O–H groups in total. The van der Waals surface area contributed by atoms with Crippen molar-refractivity contribution in [3.05, 3.63) is 35.6 Å². The molecule has 0 aliphatic heterocycles. The van der Waals surface area contributed by atoms with E-state index in [4.69, 9.17) is 5.26 Å². The van der Waals surface area contributed by atoms with Gasteiger partial charge in [-0.2, -0.15) is 5.26 Å². The second-order valence-corrected chi connectivity index (χ2v) is 4.16. The van der Waals surface area contributed by atoms with Gasteiger partial charge in [0.15, 0.2) is 0 Å². The van der Waals surface area contributed by atoms with Gasteiger partial charge in [0.25, 0.3) is 0 Å². The van der Waals surface area contributed by atoms with Gasteiger partial charge in [-0.25, -0.2) is 4.39 Å². The quantitative estimate of drug-likeness (QED) is 0.605. The Morgan fingerprint density at radius 3 is 2.80 bits per heavy atom. The standard InChI is InChI=1S/C12H15FN2/c1-12(2,9-15-7-6-14)10-4-3-5-11(13)8-10/h3-5,8,15H,7,9H2,1-2H3. The van der Waals surface area contributed by atoms with Crippen molar-refractivity contribution in [3.63, 3.8) is 0 Å². The van der Waals surface area contributed by atoms with Crippen LogP contribution in [0.1, 0.15) is 19.4 Å². The summed E-state index contributed by atoms with van der Waals surface area (Å²) < 4.78 is 13.0. The fourth-order valence-corrected chi connectivity index (χ4v) is 1.44. The summed E-state index contributed by atoms with van der Waals surface area (Å²) in [5.41, 5.74) is 0.770. The predicted octanol–water partition coefficient (Wildman–Crippen LogP) is 2.22. The third-order valence-electron chi connectivity index (χ3n) is 2.38. The van der Waals surface area contributed by atoms with Crippen LogP contribution in [0.2, 0.25) is 0 Å². The van der Waals surface area contributed by atoms with E-state index in [0.29, 0.717) is 13.1 Å². The molecule has 0 fully saturated rings. The smallest absolute Gasteiger partial charge is 0.123 e. The monoisotopic (exact) mass is 206 g/mol. The van der Waals surface area contributed by atoms with Crippen LogP contribution in [0.25, 0.3) is 0 Å². The molecule has 0 saturated carbocycles. The van der Waals surface area contributed by atoms with Crippen molar-refractivity contribution in [2.24, 2.45) is 0 Å².